The van der Waals surface area contributed by atoms with Crippen LogP contribution in [0.3, 0.4) is 0 Å². The number of aryl methyl sites for hydroxylation is 1. The van der Waals surface area contributed by atoms with Gasteiger partial charge in [-0.15, -0.1) is 0 Å². The second kappa shape index (κ2) is 7.67. The number of rotatable bonds is 4. The Hall–Kier alpha value is -3.19. The molecule has 1 N–H and O–H groups in total. The highest BCUT2D eigenvalue weighted by molar-refractivity contribution is 7.99. The van der Waals surface area contributed by atoms with E-state index in [1.165, 1.54) is 16.7 Å². The van der Waals surface area contributed by atoms with Crippen LogP contribution < -0.4 is 10.9 Å². The molecule has 0 fully saturated rings. The Kier molecular flexibility index (Phi) is 5.07. The van der Waals surface area contributed by atoms with Crippen molar-refractivity contribution in [2.45, 2.75) is 12.1 Å². The van der Waals surface area contributed by atoms with E-state index < -0.39 is 5.82 Å². The average molecular weight is 407 g/mol. The number of aromatic nitrogens is 2. The lowest BCUT2D eigenvalue weighted by Gasteiger charge is -2.10. The second-order valence-electron chi connectivity index (χ2n) is 6.80. The molecule has 0 spiro atoms. The van der Waals surface area contributed by atoms with Gasteiger partial charge in [0.2, 0.25) is 5.91 Å². The fraction of sp³-hybridized carbons (Fsp3) is 0.136. The lowest BCUT2D eigenvalue weighted by atomic mass is 10.1. The van der Waals surface area contributed by atoms with Crippen molar-refractivity contribution in [3.63, 3.8) is 0 Å². The summed E-state index contributed by atoms with van der Waals surface area (Å²) in [5.74, 6) is -0.843. The van der Waals surface area contributed by atoms with Crippen LogP contribution in [0.2, 0.25) is 0 Å². The summed E-state index contributed by atoms with van der Waals surface area (Å²) in [5, 5.41) is 5.47. The largest absolute Gasteiger partial charge is 0.323 e. The summed E-state index contributed by atoms with van der Waals surface area (Å²) in [4.78, 5) is 29.6. The van der Waals surface area contributed by atoms with E-state index in [1.807, 2.05) is 36.4 Å². The topological polar surface area (TPSA) is 64.0 Å². The van der Waals surface area contributed by atoms with E-state index in [-0.39, 0.29) is 22.9 Å². The average Bonchev–Trinajstić information content (AvgIpc) is 2.70. The monoisotopic (exact) mass is 407 g/mol. The number of carbonyl (C=O) groups is 1. The minimum absolute atomic E-state index is 0.00663. The number of nitrogens with one attached hydrogen (secondary N) is 1. The van der Waals surface area contributed by atoms with Crippen LogP contribution >= 0.6 is 11.8 Å². The second-order valence-corrected chi connectivity index (χ2v) is 7.74. The van der Waals surface area contributed by atoms with E-state index in [2.05, 4.69) is 10.3 Å². The predicted molar refractivity (Wildman–Crippen MR) is 115 cm³/mol. The van der Waals surface area contributed by atoms with Crippen LogP contribution in [-0.2, 0) is 11.8 Å². The van der Waals surface area contributed by atoms with Crippen LogP contribution in [0, 0.1) is 12.7 Å². The Morgan fingerprint density at radius 2 is 1.86 bits per heavy atom. The predicted octanol–water partition coefficient (Wildman–Crippen LogP) is 4.27. The van der Waals surface area contributed by atoms with Gasteiger partial charge in [0.25, 0.3) is 5.56 Å². The molecule has 146 valence electrons. The summed E-state index contributed by atoms with van der Waals surface area (Å²) in [7, 11) is 1.63. The Balaban J connectivity index is 1.58. The highest BCUT2D eigenvalue weighted by Crippen LogP contribution is 2.23. The maximum absolute atomic E-state index is 13.9. The Bertz CT molecular complexity index is 1320. The van der Waals surface area contributed by atoms with Crippen LogP contribution in [0.5, 0.6) is 0 Å². The zero-order valence-corrected chi connectivity index (χ0v) is 16.7. The Labute approximate surface area is 170 Å². The molecule has 0 saturated carbocycles. The van der Waals surface area contributed by atoms with Gasteiger partial charge in [0, 0.05) is 7.05 Å². The first kappa shape index (κ1) is 19.1. The van der Waals surface area contributed by atoms with Crippen LogP contribution in [0.15, 0.2) is 64.5 Å². The van der Waals surface area contributed by atoms with Gasteiger partial charge in [0.15, 0.2) is 5.16 Å². The molecule has 4 rings (SSSR count). The van der Waals surface area contributed by atoms with E-state index in [0.717, 1.165) is 28.1 Å². The SMILES string of the molecule is Cc1ccc(NC(=O)CSc2nc3cc4ccccc4cc3c(=O)n2C)c(F)c1. The molecule has 7 heteroatoms. The summed E-state index contributed by atoms with van der Waals surface area (Å²) in [6.07, 6.45) is 0. The Morgan fingerprint density at radius 3 is 2.59 bits per heavy atom. The minimum Gasteiger partial charge on any atom is -0.323 e. The number of anilines is 1. The number of amides is 1. The molecular formula is C22H18FN3O2S. The molecule has 0 aliphatic carbocycles. The first-order valence-electron chi connectivity index (χ1n) is 9.01. The standard InChI is InChI=1S/C22H18FN3O2S/c1-13-7-8-18(17(23)9-13)24-20(27)12-29-22-25-19-11-15-6-4-3-5-14(15)10-16(19)21(28)26(22)2/h3-11H,12H2,1-2H3,(H,24,27). The highest BCUT2D eigenvalue weighted by atomic mass is 32.2. The van der Waals surface area contributed by atoms with Gasteiger partial charge in [-0.1, -0.05) is 42.1 Å². The molecule has 0 radical (unpaired) electrons. The molecular weight excluding hydrogens is 389 g/mol. The van der Waals surface area contributed by atoms with Gasteiger partial charge in [-0.3, -0.25) is 14.2 Å². The first-order valence-corrected chi connectivity index (χ1v) is 9.99. The lowest BCUT2D eigenvalue weighted by Crippen LogP contribution is -2.21. The van der Waals surface area contributed by atoms with Gasteiger partial charge in [-0.2, -0.15) is 0 Å². The number of carbonyl (C=O) groups excluding carboxylic acids is 1. The van der Waals surface area contributed by atoms with Gasteiger partial charge in [-0.05, 0) is 47.5 Å². The number of benzene rings is 3. The number of nitrogens with zero attached hydrogens (tertiary/aromatic N) is 2. The van der Waals surface area contributed by atoms with Crippen LogP contribution in [0.4, 0.5) is 10.1 Å². The van der Waals surface area contributed by atoms with Crippen LogP contribution in [0.1, 0.15) is 5.56 Å². The van der Waals surface area contributed by atoms with Crippen LogP contribution in [0.25, 0.3) is 21.7 Å². The molecule has 0 bridgehead atoms. The maximum Gasteiger partial charge on any atom is 0.261 e. The molecule has 0 aliphatic rings. The smallest absolute Gasteiger partial charge is 0.261 e. The summed E-state index contributed by atoms with van der Waals surface area (Å²) < 4.78 is 15.3. The van der Waals surface area contributed by atoms with E-state index in [0.29, 0.717) is 16.1 Å². The zero-order valence-electron chi connectivity index (χ0n) is 15.9. The third-order valence-corrected chi connectivity index (χ3v) is 5.66. The van der Waals surface area contributed by atoms with Gasteiger partial charge >= 0.3 is 0 Å². The maximum atomic E-state index is 13.9. The molecule has 0 atom stereocenters. The third-order valence-electron chi connectivity index (χ3n) is 4.63. The third kappa shape index (κ3) is 3.86. The summed E-state index contributed by atoms with van der Waals surface area (Å²) >= 11 is 1.14. The number of fused-ring (bicyclic) bond motifs is 2. The summed E-state index contributed by atoms with van der Waals surface area (Å²) in [6, 6.07) is 16.1. The molecule has 1 amide bonds. The van der Waals surface area contributed by atoms with Crippen molar-refractivity contribution < 1.29 is 9.18 Å². The number of thioether (sulfide) groups is 1. The molecule has 29 heavy (non-hydrogen) atoms. The molecule has 0 unspecified atom stereocenters. The van der Waals surface area contributed by atoms with Crippen molar-refractivity contribution in [3.05, 3.63) is 76.3 Å². The highest BCUT2D eigenvalue weighted by Gasteiger charge is 2.13. The van der Waals surface area contributed by atoms with E-state index in [9.17, 15) is 14.0 Å². The van der Waals surface area contributed by atoms with Crippen molar-refractivity contribution >= 4 is 45.0 Å². The molecule has 0 saturated heterocycles. The first-order chi connectivity index (χ1) is 13.9. The van der Waals surface area contributed by atoms with Crippen molar-refractivity contribution in [1.82, 2.24) is 9.55 Å². The molecule has 0 aliphatic heterocycles. The molecule has 5 nitrogen and oxygen atoms in total. The van der Waals surface area contributed by atoms with Crippen molar-refractivity contribution in [2.24, 2.45) is 7.05 Å². The molecule has 1 aromatic heterocycles. The van der Waals surface area contributed by atoms with E-state index in [4.69, 9.17) is 0 Å². The van der Waals surface area contributed by atoms with Crippen molar-refractivity contribution in [3.8, 4) is 0 Å². The fourth-order valence-corrected chi connectivity index (χ4v) is 3.88. The number of halogens is 1. The molecule has 1 heterocycles. The molecule has 3 aromatic carbocycles. The zero-order chi connectivity index (χ0) is 20.5. The van der Waals surface area contributed by atoms with Crippen LogP contribution in [-0.4, -0.2) is 21.2 Å². The quantitative estimate of drug-likeness (QED) is 0.312. The number of hydrogen-bond donors (Lipinski definition) is 1. The fourth-order valence-electron chi connectivity index (χ4n) is 3.10. The van der Waals surface area contributed by atoms with Gasteiger partial charge in [0.1, 0.15) is 5.82 Å². The van der Waals surface area contributed by atoms with E-state index in [1.54, 1.807) is 20.0 Å². The normalized spacial score (nSPS) is 11.1. The number of hydrogen-bond acceptors (Lipinski definition) is 4. The summed E-state index contributed by atoms with van der Waals surface area (Å²) in [5.41, 5.74) is 1.32. The van der Waals surface area contributed by atoms with Crippen molar-refractivity contribution in [2.75, 3.05) is 11.1 Å². The van der Waals surface area contributed by atoms with E-state index >= 15 is 0 Å². The minimum atomic E-state index is -0.480. The lowest BCUT2D eigenvalue weighted by molar-refractivity contribution is -0.113. The summed E-state index contributed by atoms with van der Waals surface area (Å²) in [6.45, 7) is 1.78. The van der Waals surface area contributed by atoms with Gasteiger partial charge in [0.05, 0.1) is 22.3 Å². The van der Waals surface area contributed by atoms with Gasteiger partial charge in [-0.25, -0.2) is 9.37 Å². The molecule has 4 aromatic rings. The van der Waals surface area contributed by atoms with Gasteiger partial charge < -0.3 is 5.32 Å². The Morgan fingerprint density at radius 1 is 1.14 bits per heavy atom. The van der Waals surface area contributed by atoms with Crippen molar-refractivity contribution in [1.29, 1.82) is 0 Å².